The van der Waals surface area contributed by atoms with E-state index in [-0.39, 0.29) is 12.5 Å². The maximum atomic E-state index is 12.0. The third-order valence-electron chi connectivity index (χ3n) is 3.75. The van der Waals surface area contributed by atoms with Gasteiger partial charge in [0.15, 0.2) is 0 Å². The summed E-state index contributed by atoms with van der Waals surface area (Å²) in [6, 6.07) is -0.460. The zero-order valence-electron chi connectivity index (χ0n) is 11.4. The van der Waals surface area contributed by atoms with Crippen LogP contribution in [-0.4, -0.2) is 41.2 Å². The molecule has 0 radical (unpaired) electrons. The van der Waals surface area contributed by atoms with Crippen molar-refractivity contribution in [3.63, 3.8) is 0 Å². The molecule has 0 saturated heterocycles. The van der Waals surface area contributed by atoms with E-state index >= 15 is 0 Å². The summed E-state index contributed by atoms with van der Waals surface area (Å²) in [5.41, 5.74) is 5.42. The van der Waals surface area contributed by atoms with E-state index in [9.17, 15) is 9.90 Å². The highest BCUT2D eigenvalue weighted by Crippen LogP contribution is 2.32. The van der Waals surface area contributed by atoms with Gasteiger partial charge in [0, 0.05) is 0 Å². The van der Waals surface area contributed by atoms with Crippen molar-refractivity contribution in [3.8, 4) is 0 Å². The third kappa shape index (κ3) is 4.44. The molecule has 0 heterocycles. The minimum absolute atomic E-state index is 0.0122. The topological polar surface area (TPSA) is 75.4 Å². The van der Waals surface area contributed by atoms with Crippen molar-refractivity contribution in [3.05, 3.63) is 0 Å². The molecule has 0 bridgehead atoms. The van der Waals surface area contributed by atoms with Gasteiger partial charge in [0.2, 0.25) is 5.91 Å². The van der Waals surface area contributed by atoms with E-state index in [1.54, 1.807) is 11.8 Å². The van der Waals surface area contributed by atoms with Crippen LogP contribution in [0, 0.1) is 5.92 Å². The van der Waals surface area contributed by atoms with Crippen LogP contribution in [0.15, 0.2) is 0 Å². The Kier molecular flexibility index (Phi) is 6.46. The molecular weight excluding hydrogens is 248 g/mol. The number of rotatable bonds is 6. The van der Waals surface area contributed by atoms with E-state index in [1.165, 1.54) is 6.42 Å². The highest BCUT2D eigenvalue weighted by atomic mass is 32.2. The van der Waals surface area contributed by atoms with Crippen molar-refractivity contribution >= 4 is 17.7 Å². The van der Waals surface area contributed by atoms with Gasteiger partial charge in [0.1, 0.15) is 0 Å². The molecule has 1 rings (SSSR count). The molecule has 0 aliphatic heterocycles. The second-order valence-electron chi connectivity index (χ2n) is 5.52. The predicted octanol–water partition coefficient (Wildman–Crippen LogP) is 1.12. The molecule has 0 aromatic heterocycles. The number of amides is 1. The fourth-order valence-electron chi connectivity index (χ4n) is 2.69. The lowest BCUT2D eigenvalue weighted by Crippen LogP contribution is -2.57. The summed E-state index contributed by atoms with van der Waals surface area (Å²) in [6.07, 6.45) is 6.63. The number of nitrogens with one attached hydrogen (secondary N) is 1. The van der Waals surface area contributed by atoms with Gasteiger partial charge in [-0.1, -0.05) is 19.8 Å². The number of carbonyl (C=O) groups is 1. The Balaban J connectivity index is 2.53. The maximum Gasteiger partial charge on any atom is 0.237 e. The van der Waals surface area contributed by atoms with Crippen LogP contribution in [0.3, 0.4) is 0 Å². The number of hydrogen-bond donors (Lipinski definition) is 3. The van der Waals surface area contributed by atoms with E-state index in [2.05, 4.69) is 12.2 Å². The van der Waals surface area contributed by atoms with E-state index in [1.807, 2.05) is 6.26 Å². The molecule has 2 unspecified atom stereocenters. The summed E-state index contributed by atoms with van der Waals surface area (Å²) >= 11 is 1.69. The molecule has 1 amide bonds. The number of aliphatic hydroxyl groups is 1. The van der Waals surface area contributed by atoms with Crippen LogP contribution >= 0.6 is 11.8 Å². The molecule has 106 valence electrons. The Labute approximate surface area is 114 Å². The Morgan fingerprint density at radius 2 is 2.39 bits per heavy atom. The molecule has 1 saturated carbocycles. The van der Waals surface area contributed by atoms with Crippen molar-refractivity contribution in [2.24, 2.45) is 11.7 Å². The number of carbonyl (C=O) groups excluding carboxylic acids is 1. The zero-order chi connectivity index (χ0) is 13.6. The van der Waals surface area contributed by atoms with Gasteiger partial charge in [0.05, 0.1) is 18.2 Å². The van der Waals surface area contributed by atoms with Gasteiger partial charge in [0.25, 0.3) is 0 Å². The fraction of sp³-hybridized carbons (Fsp3) is 0.923. The average molecular weight is 274 g/mol. The van der Waals surface area contributed by atoms with Gasteiger partial charge in [-0.3, -0.25) is 4.79 Å². The standard InChI is InChI=1S/C13H26N2O2S/c1-10-4-3-6-13(8-10,9-16)15-12(17)11(14)5-7-18-2/h10-11,16H,3-9,14H2,1-2H3,(H,15,17)/t10?,11-,13?/m0/s1. The number of thioether (sulfide) groups is 1. The maximum absolute atomic E-state index is 12.0. The number of nitrogens with two attached hydrogens (primary N) is 1. The molecule has 0 aromatic rings. The van der Waals surface area contributed by atoms with E-state index in [4.69, 9.17) is 5.73 Å². The summed E-state index contributed by atoms with van der Waals surface area (Å²) in [7, 11) is 0. The van der Waals surface area contributed by atoms with Gasteiger partial charge in [-0.2, -0.15) is 11.8 Å². The molecule has 1 aliphatic rings. The van der Waals surface area contributed by atoms with Gasteiger partial charge < -0.3 is 16.2 Å². The molecule has 4 nitrogen and oxygen atoms in total. The lowest BCUT2D eigenvalue weighted by molar-refractivity contribution is -0.125. The second-order valence-corrected chi connectivity index (χ2v) is 6.50. The van der Waals surface area contributed by atoms with Crippen LogP contribution in [0.2, 0.25) is 0 Å². The highest BCUT2D eigenvalue weighted by Gasteiger charge is 2.36. The summed E-state index contributed by atoms with van der Waals surface area (Å²) in [4.78, 5) is 12.0. The Morgan fingerprint density at radius 3 is 2.94 bits per heavy atom. The van der Waals surface area contributed by atoms with Crippen LogP contribution in [0.5, 0.6) is 0 Å². The molecule has 1 aliphatic carbocycles. The number of hydrogen-bond acceptors (Lipinski definition) is 4. The highest BCUT2D eigenvalue weighted by molar-refractivity contribution is 7.98. The van der Waals surface area contributed by atoms with Crippen LogP contribution in [0.25, 0.3) is 0 Å². The largest absolute Gasteiger partial charge is 0.394 e. The SMILES string of the molecule is CSCC[C@H](N)C(=O)NC1(CO)CCCC(C)C1. The molecule has 3 atom stereocenters. The van der Waals surface area contributed by atoms with E-state index in [0.717, 1.165) is 25.0 Å². The molecule has 0 spiro atoms. The average Bonchev–Trinajstić information content (AvgIpc) is 2.35. The minimum atomic E-state index is -0.460. The van der Waals surface area contributed by atoms with E-state index in [0.29, 0.717) is 12.3 Å². The Hall–Kier alpha value is -0.260. The molecule has 4 N–H and O–H groups in total. The predicted molar refractivity (Wildman–Crippen MR) is 76.6 cm³/mol. The smallest absolute Gasteiger partial charge is 0.237 e. The van der Waals surface area contributed by atoms with Gasteiger partial charge in [-0.25, -0.2) is 0 Å². The summed E-state index contributed by atoms with van der Waals surface area (Å²) in [6.45, 7) is 2.18. The molecular formula is C13H26N2O2S. The van der Waals surface area contributed by atoms with Crippen LogP contribution in [-0.2, 0) is 4.79 Å². The lowest BCUT2D eigenvalue weighted by Gasteiger charge is -2.40. The molecule has 5 heteroatoms. The summed E-state index contributed by atoms with van der Waals surface area (Å²) < 4.78 is 0. The van der Waals surface area contributed by atoms with Crippen molar-refractivity contribution in [2.45, 2.75) is 50.6 Å². The zero-order valence-corrected chi connectivity index (χ0v) is 12.3. The monoisotopic (exact) mass is 274 g/mol. The summed E-state index contributed by atoms with van der Waals surface area (Å²) in [5, 5.41) is 12.6. The fourth-order valence-corrected chi connectivity index (χ4v) is 3.18. The van der Waals surface area contributed by atoms with Crippen molar-refractivity contribution < 1.29 is 9.90 Å². The Bertz CT molecular complexity index is 276. The molecule has 0 aromatic carbocycles. The lowest BCUT2D eigenvalue weighted by atomic mass is 9.76. The molecule has 1 fully saturated rings. The first-order valence-corrected chi connectivity index (χ1v) is 8.10. The third-order valence-corrected chi connectivity index (χ3v) is 4.40. The quantitative estimate of drug-likeness (QED) is 0.678. The van der Waals surface area contributed by atoms with Crippen LogP contribution in [0.4, 0.5) is 0 Å². The van der Waals surface area contributed by atoms with Crippen molar-refractivity contribution in [2.75, 3.05) is 18.6 Å². The Morgan fingerprint density at radius 1 is 1.67 bits per heavy atom. The first-order valence-electron chi connectivity index (χ1n) is 6.70. The van der Waals surface area contributed by atoms with Gasteiger partial charge in [-0.05, 0) is 37.2 Å². The summed E-state index contributed by atoms with van der Waals surface area (Å²) in [5.74, 6) is 1.32. The number of aliphatic hydroxyl groups excluding tert-OH is 1. The first-order chi connectivity index (χ1) is 8.53. The normalized spacial score (nSPS) is 29.9. The second kappa shape index (κ2) is 7.36. The van der Waals surface area contributed by atoms with Crippen molar-refractivity contribution in [1.82, 2.24) is 5.32 Å². The van der Waals surface area contributed by atoms with Crippen LogP contribution < -0.4 is 11.1 Å². The van der Waals surface area contributed by atoms with Crippen molar-refractivity contribution in [1.29, 1.82) is 0 Å². The first kappa shape index (κ1) is 15.8. The van der Waals surface area contributed by atoms with Gasteiger partial charge >= 0.3 is 0 Å². The minimum Gasteiger partial charge on any atom is -0.394 e. The van der Waals surface area contributed by atoms with E-state index < -0.39 is 11.6 Å². The van der Waals surface area contributed by atoms with Crippen LogP contribution in [0.1, 0.15) is 39.0 Å². The molecule has 18 heavy (non-hydrogen) atoms. The van der Waals surface area contributed by atoms with Gasteiger partial charge in [-0.15, -0.1) is 0 Å².